The van der Waals surface area contributed by atoms with E-state index in [0.29, 0.717) is 15.4 Å². The number of hydrogen-bond donors (Lipinski definition) is 0. The number of fused-ring (bicyclic) bond motifs is 1. The Morgan fingerprint density at radius 2 is 1.62 bits per heavy atom. The Labute approximate surface area is 170 Å². The summed E-state index contributed by atoms with van der Waals surface area (Å²) in [6.45, 7) is 5.85. The van der Waals surface area contributed by atoms with Gasteiger partial charge < -0.3 is 14.5 Å². The van der Waals surface area contributed by atoms with Crippen LogP contribution in [-0.4, -0.2) is 78.8 Å². The SMILES string of the molecule is CC(C)(C)OC(=O)N1CCN(C(=O)CN2C(=O)c3ccccc3CS2(=O)=O)CC1. The van der Waals surface area contributed by atoms with Crippen LogP contribution in [0.1, 0.15) is 36.7 Å². The van der Waals surface area contributed by atoms with Gasteiger partial charge in [-0.2, -0.15) is 0 Å². The van der Waals surface area contributed by atoms with E-state index >= 15 is 0 Å². The van der Waals surface area contributed by atoms with Gasteiger partial charge in [-0.05, 0) is 32.4 Å². The van der Waals surface area contributed by atoms with Crippen LogP contribution in [0.15, 0.2) is 24.3 Å². The first-order valence-corrected chi connectivity index (χ1v) is 11.0. The summed E-state index contributed by atoms with van der Waals surface area (Å²) in [7, 11) is -3.91. The summed E-state index contributed by atoms with van der Waals surface area (Å²) in [5.74, 6) is -1.47. The zero-order valence-corrected chi connectivity index (χ0v) is 17.6. The van der Waals surface area contributed by atoms with Crippen LogP contribution in [0, 0.1) is 0 Å². The van der Waals surface area contributed by atoms with E-state index in [1.165, 1.54) is 9.80 Å². The van der Waals surface area contributed by atoms with Crippen LogP contribution >= 0.6 is 0 Å². The number of sulfonamides is 1. The van der Waals surface area contributed by atoms with Crippen molar-refractivity contribution in [1.29, 1.82) is 0 Å². The third-order valence-electron chi connectivity index (χ3n) is 4.71. The standard InChI is InChI=1S/C19H25N3O6S/c1-19(2,3)28-18(25)21-10-8-20(9-11-21)16(23)12-22-17(24)15-7-5-4-6-14(15)13-29(22,26)27/h4-7H,8-13H2,1-3H3. The lowest BCUT2D eigenvalue weighted by molar-refractivity contribution is -0.132. The Hall–Kier alpha value is -2.62. The highest BCUT2D eigenvalue weighted by Crippen LogP contribution is 2.24. The summed E-state index contributed by atoms with van der Waals surface area (Å²) in [4.78, 5) is 40.4. The highest BCUT2D eigenvalue weighted by Gasteiger charge is 2.38. The fraction of sp³-hybridized carbons (Fsp3) is 0.526. The second kappa shape index (κ2) is 7.66. The molecule has 2 aliphatic rings. The zero-order chi connectivity index (χ0) is 21.4. The molecule has 10 heteroatoms. The Morgan fingerprint density at radius 1 is 1.03 bits per heavy atom. The molecule has 0 N–H and O–H groups in total. The smallest absolute Gasteiger partial charge is 0.410 e. The van der Waals surface area contributed by atoms with Gasteiger partial charge in [0.1, 0.15) is 12.1 Å². The van der Waals surface area contributed by atoms with Crippen LogP contribution in [0.2, 0.25) is 0 Å². The number of benzene rings is 1. The number of carbonyl (C=O) groups is 3. The van der Waals surface area contributed by atoms with Crippen LogP contribution in [-0.2, 0) is 25.3 Å². The van der Waals surface area contributed by atoms with Crippen molar-refractivity contribution in [3.05, 3.63) is 35.4 Å². The predicted octanol–water partition coefficient (Wildman–Crippen LogP) is 1.05. The molecule has 0 unspecified atom stereocenters. The molecular formula is C19H25N3O6S. The zero-order valence-electron chi connectivity index (χ0n) is 16.8. The lowest BCUT2D eigenvalue weighted by Gasteiger charge is -2.36. The largest absolute Gasteiger partial charge is 0.444 e. The number of ether oxygens (including phenoxy) is 1. The first-order chi connectivity index (χ1) is 13.5. The molecule has 9 nitrogen and oxygen atoms in total. The average molecular weight is 423 g/mol. The Bertz CT molecular complexity index is 930. The van der Waals surface area contributed by atoms with E-state index in [9.17, 15) is 22.8 Å². The summed E-state index contributed by atoms with van der Waals surface area (Å²) < 4.78 is 31.0. The van der Waals surface area contributed by atoms with Crippen molar-refractivity contribution < 1.29 is 27.5 Å². The fourth-order valence-corrected chi connectivity index (χ4v) is 4.71. The quantitative estimate of drug-likeness (QED) is 0.704. The number of carbonyl (C=O) groups excluding carboxylic acids is 3. The molecule has 1 saturated heterocycles. The van der Waals surface area contributed by atoms with Gasteiger partial charge in [0.25, 0.3) is 5.91 Å². The van der Waals surface area contributed by atoms with Gasteiger partial charge in [-0.3, -0.25) is 9.59 Å². The maximum absolute atomic E-state index is 12.6. The molecule has 3 amide bonds. The monoisotopic (exact) mass is 423 g/mol. The van der Waals surface area contributed by atoms with Crippen LogP contribution in [0.5, 0.6) is 0 Å². The maximum Gasteiger partial charge on any atom is 0.410 e. The molecule has 2 aliphatic heterocycles. The first-order valence-electron chi connectivity index (χ1n) is 9.36. The van der Waals surface area contributed by atoms with E-state index in [1.807, 2.05) is 0 Å². The van der Waals surface area contributed by atoms with E-state index in [0.717, 1.165) is 0 Å². The molecule has 2 heterocycles. The molecule has 0 aromatic heterocycles. The Morgan fingerprint density at radius 3 is 2.24 bits per heavy atom. The van der Waals surface area contributed by atoms with Crippen molar-refractivity contribution in [3.63, 3.8) is 0 Å². The Kier molecular flexibility index (Phi) is 5.57. The lowest BCUT2D eigenvalue weighted by Crippen LogP contribution is -2.54. The van der Waals surface area contributed by atoms with E-state index in [2.05, 4.69) is 0 Å². The van der Waals surface area contributed by atoms with E-state index in [1.54, 1.807) is 45.0 Å². The molecule has 0 bridgehead atoms. The predicted molar refractivity (Wildman–Crippen MR) is 104 cm³/mol. The number of piperazine rings is 1. The topological polar surface area (TPSA) is 104 Å². The molecule has 0 atom stereocenters. The maximum atomic E-state index is 12.6. The van der Waals surface area contributed by atoms with Crippen molar-refractivity contribution >= 4 is 27.9 Å². The second-order valence-corrected chi connectivity index (χ2v) is 9.97. The van der Waals surface area contributed by atoms with Gasteiger partial charge in [0.15, 0.2) is 0 Å². The van der Waals surface area contributed by atoms with Crippen LogP contribution in [0.3, 0.4) is 0 Å². The number of rotatable bonds is 2. The van der Waals surface area contributed by atoms with Gasteiger partial charge in [0, 0.05) is 31.7 Å². The van der Waals surface area contributed by atoms with Gasteiger partial charge in [-0.1, -0.05) is 18.2 Å². The van der Waals surface area contributed by atoms with E-state index in [4.69, 9.17) is 4.74 Å². The third kappa shape index (κ3) is 4.69. The fourth-order valence-electron chi connectivity index (χ4n) is 3.25. The van der Waals surface area contributed by atoms with Crippen LogP contribution in [0.4, 0.5) is 4.79 Å². The molecule has 1 fully saturated rings. The molecule has 158 valence electrons. The number of hydrogen-bond acceptors (Lipinski definition) is 6. The molecular weight excluding hydrogens is 398 g/mol. The molecule has 1 aromatic carbocycles. The van der Waals surface area contributed by atoms with Gasteiger partial charge >= 0.3 is 6.09 Å². The molecule has 0 spiro atoms. The summed E-state index contributed by atoms with van der Waals surface area (Å²) in [6, 6.07) is 6.49. The first kappa shape index (κ1) is 21.1. The number of nitrogens with zero attached hydrogens (tertiary/aromatic N) is 3. The van der Waals surface area contributed by atoms with Gasteiger partial charge in [0.05, 0.1) is 5.75 Å². The summed E-state index contributed by atoms with van der Waals surface area (Å²) in [5, 5.41) is 0. The molecule has 0 radical (unpaired) electrons. The van der Waals surface area contributed by atoms with E-state index in [-0.39, 0.29) is 31.9 Å². The minimum atomic E-state index is -3.91. The molecule has 0 aliphatic carbocycles. The minimum Gasteiger partial charge on any atom is -0.444 e. The minimum absolute atomic E-state index is 0.247. The van der Waals surface area contributed by atoms with Gasteiger partial charge in [0.2, 0.25) is 15.9 Å². The molecule has 1 aromatic rings. The highest BCUT2D eigenvalue weighted by atomic mass is 32.2. The second-order valence-electron chi connectivity index (χ2n) is 8.07. The molecule has 29 heavy (non-hydrogen) atoms. The van der Waals surface area contributed by atoms with Crippen molar-refractivity contribution in [2.45, 2.75) is 32.1 Å². The van der Waals surface area contributed by atoms with Crippen molar-refractivity contribution in [2.24, 2.45) is 0 Å². The van der Waals surface area contributed by atoms with Crippen LogP contribution in [0.25, 0.3) is 0 Å². The third-order valence-corrected chi connectivity index (χ3v) is 6.35. The number of amides is 3. The summed E-state index contributed by atoms with van der Waals surface area (Å²) in [5.41, 5.74) is 0.126. The highest BCUT2D eigenvalue weighted by molar-refractivity contribution is 7.89. The molecule has 0 saturated carbocycles. The van der Waals surface area contributed by atoms with Gasteiger partial charge in [-0.15, -0.1) is 0 Å². The van der Waals surface area contributed by atoms with Crippen molar-refractivity contribution in [1.82, 2.24) is 14.1 Å². The summed E-state index contributed by atoms with van der Waals surface area (Å²) >= 11 is 0. The van der Waals surface area contributed by atoms with Crippen molar-refractivity contribution in [2.75, 3.05) is 32.7 Å². The average Bonchev–Trinajstić information content (AvgIpc) is 2.63. The van der Waals surface area contributed by atoms with Gasteiger partial charge in [-0.25, -0.2) is 17.5 Å². The Balaban J connectivity index is 1.63. The normalized spacial score (nSPS) is 19.0. The lowest BCUT2D eigenvalue weighted by atomic mass is 10.1. The van der Waals surface area contributed by atoms with Crippen LogP contribution < -0.4 is 0 Å². The van der Waals surface area contributed by atoms with E-state index < -0.39 is 40.1 Å². The molecule has 3 rings (SSSR count). The summed E-state index contributed by atoms with van der Waals surface area (Å²) in [6.07, 6.45) is -0.449. The van der Waals surface area contributed by atoms with Crippen molar-refractivity contribution in [3.8, 4) is 0 Å².